The second-order valence-electron chi connectivity index (χ2n) is 8.22. The molecule has 0 saturated heterocycles. The van der Waals surface area contributed by atoms with Gasteiger partial charge in [-0.25, -0.2) is 0 Å². The Bertz CT molecular complexity index is 713. The van der Waals surface area contributed by atoms with Crippen LogP contribution in [0, 0.1) is 0 Å². The molecule has 0 heterocycles. The zero-order valence-corrected chi connectivity index (χ0v) is 20.2. The second kappa shape index (κ2) is 16.8. The van der Waals surface area contributed by atoms with E-state index in [-0.39, 0.29) is 0 Å². The van der Waals surface area contributed by atoms with Crippen LogP contribution in [-0.2, 0) is 6.42 Å². The van der Waals surface area contributed by atoms with Gasteiger partial charge in [-0.05, 0) is 67.0 Å². The van der Waals surface area contributed by atoms with Crippen molar-refractivity contribution in [2.75, 3.05) is 12.4 Å². The number of rotatable bonds is 17. The summed E-state index contributed by atoms with van der Waals surface area (Å²) in [5.74, 6) is 1.70. The predicted octanol–water partition coefficient (Wildman–Crippen LogP) is 9.26. The van der Waals surface area contributed by atoms with E-state index < -0.39 is 0 Å². The lowest BCUT2D eigenvalue weighted by Crippen LogP contribution is -1.97. The fraction of sp³-hybridized carbons (Fsp3) is 0.556. The molecule has 2 rings (SSSR count). The van der Waals surface area contributed by atoms with Gasteiger partial charge in [0, 0.05) is 0 Å². The Kier molecular flexibility index (Phi) is 13.8. The highest BCUT2D eigenvalue weighted by atomic mass is 32.1. The van der Waals surface area contributed by atoms with Crippen molar-refractivity contribution in [3.05, 3.63) is 54.1 Å². The molecule has 2 aromatic carbocycles. The summed E-state index contributed by atoms with van der Waals surface area (Å²) in [4.78, 5) is 0. The Morgan fingerprint density at radius 2 is 1.16 bits per heavy atom. The minimum atomic E-state index is 0.690. The number of hydrogen-bond donors (Lipinski definition) is 1. The number of benzene rings is 2. The minimum absolute atomic E-state index is 0.690. The van der Waals surface area contributed by atoms with Crippen LogP contribution in [0.15, 0.2) is 58.8 Å². The highest BCUT2D eigenvalue weighted by Gasteiger charge is 1.98. The van der Waals surface area contributed by atoms with E-state index in [1.807, 2.05) is 24.3 Å². The van der Waals surface area contributed by atoms with Crippen molar-refractivity contribution in [1.82, 2.24) is 0 Å². The van der Waals surface area contributed by atoms with Gasteiger partial charge in [0.2, 0.25) is 0 Å². The van der Waals surface area contributed by atoms with Crippen LogP contribution in [0.25, 0.3) is 0 Å². The lowest BCUT2D eigenvalue weighted by atomic mass is 10.0. The predicted molar refractivity (Wildman–Crippen MR) is 137 cm³/mol. The largest absolute Gasteiger partial charge is 0.494 e. The standard InChI is InChI=1S/C27H40N2OS/c1-2-3-4-5-6-7-8-9-10-11-13-24-14-16-25(17-15-24)28-29-26-18-20-27(21-19-26)30-22-12-23-31/h14-21,31H,2-13,22-23H2,1H3. The van der Waals surface area contributed by atoms with E-state index in [4.69, 9.17) is 4.74 Å². The van der Waals surface area contributed by atoms with Crippen molar-refractivity contribution in [1.29, 1.82) is 0 Å². The summed E-state index contributed by atoms with van der Waals surface area (Å²) in [6, 6.07) is 16.2. The maximum atomic E-state index is 5.63. The van der Waals surface area contributed by atoms with Gasteiger partial charge in [0.05, 0.1) is 18.0 Å². The van der Waals surface area contributed by atoms with Crippen LogP contribution in [0.4, 0.5) is 11.4 Å². The molecule has 0 spiro atoms. The number of hydrogen-bond acceptors (Lipinski definition) is 4. The lowest BCUT2D eigenvalue weighted by Gasteiger charge is -2.04. The number of aryl methyl sites for hydroxylation is 1. The fourth-order valence-electron chi connectivity index (χ4n) is 3.52. The van der Waals surface area contributed by atoms with E-state index in [0.29, 0.717) is 6.61 Å². The molecule has 0 fully saturated rings. The van der Waals surface area contributed by atoms with Gasteiger partial charge in [-0.2, -0.15) is 22.9 Å². The zero-order chi connectivity index (χ0) is 22.0. The Hall–Kier alpha value is -1.81. The maximum absolute atomic E-state index is 5.63. The third kappa shape index (κ3) is 12.0. The van der Waals surface area contributed by atoms with Gasteiger partial charge < -0.3 is 4.74 Å². The summed E-state index contributed by atoms with van der Waals surface area (Å²) < 4.78 is 5.63. The molecule has 31 heavy (non-hydrogen) atoms. The third-order valence-electron chi connectivity index (χ3n) is 5.44. The van der Waals surface area contributed by atoms with Crippen LogP contribution < -0.4 is 4.74 Å². The third-order valence-corrected chi connectivity index (χ3v) is 5.76. The molecular weight excluding hydrogens is 400 g/mol. The van der Waals surface area contributed by atoms with E-state index in [0.717, 1.165) is 35.7 Å². The Morgan fingerprint density at radius 3 is 1.71 bits per heavy atom. The van der Waals surface area contributed by atoms with Crippen LogP contribution in [0.5, 0.6) is 5.75 Å². The highest BCUT2D eigenvalue weighted by Crippen LogP contribution is 2.22. The molecule has 2 aromatic rings. The first-order chi connectivity index (χ1) is 15.3. The Balaban J connectivity index is 1.61. The van der Waals surface area contributed by atoms with E-state index in [9.17, 15) is 0 Å². The van der Waals surface area contributed by atoms with E-state index in [1.54, 1.807) is 0 Å². The fourth-order valence-corrected chi connectivity index (χ4v) is 3.65. The topological polar surface area (TPSA) is 34.0 Å². The van der Waals surface area contributed by atoms with Crippen LogP contribution in [-0.4, -0.2) is 12.4 Å². The molecule has 0 saturated carbocycles. The Labute approximate surface area is 195 Å². The molecule has 170 valence electrons. The summed E-state index contributed by atoms with van der Waals surface area (Å²) in [5, 5.41) is 8.68. The second-order valence-corrected chi connectivity index (χ2v) is 8.67. The summed E-state index contributed by atoms with van der Waals surface area (Å²) in [7, 11) is 0. The van der Waals surface area contributed by atoms with Gasteiger partial charge >= 0.3 is 0 Å². The quantitative estimate of drug-likeness (QED) is 0.148. The Morgan fingerprint density at radius 1 is 0.645 bits per heavy atom. The van der Waals surface area contributed by atoms with E-state index in [1.165, 1.54) is 69.8 Å². The molecule has 0 aliphatic rings. The van der Waals surface area contributed by atoms with Gasteiger partial charge in [0.1, 0.15) is 5.75 Å². The van der Waals surface area contributed by atoms with Gasteiger partial charge in [-0.3, -0.25) is 0 Å². The van der Waals surface area contributed by atoms with Crippen molar-refractivity contribution in [3.8, 4) is 5.75 Å². The molecule has 0 radical (unpaired) electrons. The van der Waals surface area contributed by atoms with Crippen LogP contribution in [0.3, 0.4) is 0 Å². The van der Waals surface area contributed by atoms with Crippen LogP contribution in [0.1, 0.15) is 83.1 Å². The number of unbranched alkanes of at least 4 members (excludes halogenated alkanes) is 9. The monoisotopic (exact) mass is 440 g/mol. The number of nitrogens with zero attached hydrogens (tertiary/aromatic N) is 2. The van der Waals surface area contributed by atoms with Crippen molar-refractivity contribution in [2.45, 2.75) is 84.0 Å². The molecule has 0 N–H and O–H groups in total. The molecule has 0 aromatic heterocycles. The van der Waals surface area contributed by atoms with Crippen LogP contribution in [0.2, 0.25) is 0 Å². The average molecular weight is 441 g/mol. The molecule has 3 nitrogen and oxygen atoms in total. The SMILES string of the molecule is CCCCCCCCCCCCc1ccc(N=Nc2ccc(OCCCS)cc2)cc1. The van der Waals surface area contributed by atoms with Gasteiger partial charge in [0.25, 0.3) is 0 Å². The molecule has 4 heteroatoms. The lowest BCUT2D eigenvalue weighted by molar-refractivity contribution is 0.319. The van der Waals surface area contributed by atoms with Crippen molar-refractivity contribution < 1.29 is 4.74 Å². The first kappa shape index (κ1) is 25.5. The van der Waals surface area contributed by atoms with Crippen LogP contribution >= 0.6 is 12.6 Å². The van der Waals surface area contributed by atoms with Crippen molar-refractivity contribution >= 4 is 24.0 Å². The van der Waals surface area contributed by atoms with Crippen molar-refractivity contribution in [2.24, 2.45) is 10.2 Å². The first-order valence-electron chi connectivity index (χ1n) is 12.2. The molecule has 0 bridgehead atoms. The zero-order valence-electron chi connectivity index (χ0n) is 19.3. The highest BCUT2D eigenvalue weighted by molar-refractivity contribution is 7.80. The average Bonchev–Trinajstić information content (AvgIpc) is 2.81. The number of thiol groups is 1. The van der Waals surface area contributed by atoms with Gasteiger partial charge in [-0.1, -0.05) is 76.8 Å². The molecule has 0 aliphatic carbocycles. The normalized spacial score (nSPS) is 11.3. The molecule has 0 atom stereocenters. The van der Waals surface area contributed by atoms with Crippen molar-refractivity contribution in [3.63, 3.8) is 0 Å². The maximum Gasteiger partial charge on any atom is 0.119 e. The smallest absolute Gasteiger partial charge is 0.119 e. The summed E-state index contributed by atoms with van der Waals surface area (Å²) in [6.07, 6.45) is 15.9. The number of ether oxygens (including phenoxy) is 1. The van der Waals surface area contributed by atoms with E-state index >= 15 is 0 Å². The number of azo groups is 1. The summed E-state index contributed by atoms with van der Waals surface area (Å²) in [6.45, 7) is 2.97. The summed E-state index contributed by atoms with van der Waals surface area (Å²) >= 11 is 4.19. The minimum Gasteiger partial charge on any atom is -0.494 e. The first-order valence-corrected chi connectivity index (χ1v) is 12.8. The molecule has 0 amide bonds. The molecular formula is C27H40N2OS. The van der Waals surface area contributed by atoms with Gasteiger partial charge in [0.15, 0.2) is 0 Å². The molecule has 0 unspecified atom stereocenters. The summed E-state index contributed by atoms with van der Waals surface area (Å²) in [5.41, 5.74) is 3.11. The van der Waals surface area contributed by atoms with Gasteiger partial charge in [-0.15, -0.1) is 0 Å². The van der Waals surface area contributed by atoms with E-state index in [2.05, 4.69) is 54.0 Å². The molecule has 0 aliphatic heterocycles.